The normalized spacial score (nSPS) is 18.6. The van der Waals surface area contributed by atoms with E-state index in [2.05, 4.69) is 17.1 Å². The number of ether oxygens (including phenoxy) is 1. The number of amides is 1. The van der Waals surface area contributed by atoms with Gasteiger partial charge in [-0.1, -0.05) is 0 Å². The standard InChI is InChI=1S/C15H32N4O2/c1-13(12-16)17-6-5-7-18-8-10-19(11-9-18)14(20)21-15(2,3)4/h13,17H,5-12,16H2,1-4H3. The monoisotopic (exact) mass is 300 g/mol. The third-order valence-electron chi connectivity index (χ3n) is 3.52. The Morgan fingerprint density at radius 1 is 1.29 bits per heavy atom. The quantitative estimate of drug-likeness (QED) is 0.712. The molecule has 1 aliphatic heterocycles. The molecule has 1 unspecified atom stereocenters. The van der Waals surface area contributed by atoms with Gasteiger partial charge in [0.1, 0.15) is 5.60 Å². The molecule has 0 spiro atoms. The summed E-state index contributed by atoms with van der Waals surface area (Å²) in [4.78, 5) is 16.2. The van der Waals surface area contributed by atoms with Crippen molar-refractivity contribution in [2.45, 2.75) is 45.8 Å². The zero-order valence-corrected chi connectivity index (χ0v) is 14.0. The van der Waals surface area contributed by atoms with E-state index in [1.807, 2.05) is 20.8 Å². The lowest BCUT2D eigenvalue weighted by Gasteiger charge is -2.35. The summed E-state index contributed by atoms with van der Waals surface area (Å²) in [5.41, 5.74) is 5.15. The van der Waals surface area contributed by atoms with Crippen LogP contribution in [-0.2, 0) is 4.74 Å². The minimum absolute atomic E-state index is 0.194. The summed E-state index contributed by atoms with van der Waals surface area (Å²) in [6, 6.07) is 0.383. The van der Waals surface area contributed by atoms with E-state index in [1.54, 1.807) is 4.90 Å². The Labute approximate surface area is 129 Å². The van der Waals surface area contributed by atoms with Gasteiger partial charge in [0, 0.05) is 38.8 Å². The van der Waals surface area contributed by atoms with Crippen LogP contribution in [0.25, 0.3) is 0 Å². The number of nitrogens with zero attached hydrogens (tertiary/aromatic N) is 2. The zero-order chi connectivity index (χ0) is 15.9. The molecule has 6 nitrogen and oxygen atoms in total. The minimum Gasteiger partial charge on any atom is -0.444 e. The number of piperazine rings is 1. The van der Waals surface area contributed by atoms with Crippen LogP contribution < -0.4 is 11.1 Å². The summed E-state index contributed by atoms with van der Waals surface area (Å²) in [7, 11) is 0. The van der Waals surface area contributed by atoms with E-state index < -0.39 is 5.60 Å². The number of carbonyl (C=O) groups excluding carboxylic acids is 1. The number of rotatable bonds is 6. The first-order valence-corrected chi connectivity index (χ1v) is 7.95. The van der Waals surface area contributed by atoms with Crippen molar-refractivity contribution in [1.82, 2.24) is 15.1 Å². The average Bonchev–Trinajstić information content (AvgIpc) is 2.42. The molecule has 0 aromatic rings. The molecular weight excluding hydrogens is 268 g/mol. The number of nitrogens with one attached hydrogen (secondary N) is 1. The van der Waals surface area contributed by atoms with Gasteiger partial charge in [-0.3, -0.25) is 4.90 Å². The van der Waals surface area contributed by atoms with Crippen molar-refractivity contribution in [3.05, 3.63) is 0 Å². The summed E-state index contributed by atoms with van der Waals surface area (Å²) in [5.74, 6) is 0. The first-order chi connectivity index (χ1) is 9.81. The third kappa shape index (κ3) is 7.64. The number of nitrogens with two attached hydrogens (primary N) is 1. The van der Waals surface area contributed by atoms with Crippen molar-refractivity contribution in [3.8, 4) is 0 Å². The molecule has 1 atom stereocenters. The Morgan fingerprint density at radius 2 is 1.90 bits per heavy atom. The molecule has 1 amide bonds. The maximum absolute atomic E-state index is 12.0. The summed E-state index contributed by atoms with van der Waals surface area (Å²) >= 11 is 0. The molecule has 1 aliphatic rings. The van der Waals surface area contributed by atoms with Gasteiger partial charge >= 0.3 is 6.09 Å². The number of carbonyl (C=O) groups is 1. The molecule has 0 saturated carbocycles. The van der Waals surface area contributed by atoms with E-state index in [0.29, 0.717) is 12.6 Å². The van der Waals surface area contributed by atoms with Gasteiger partial charge in [-0.15, -0.1) is 0 Å². The van der Waals surface area contributed by atoms with Gasteiger partial charge in [0.15, 0.2) is 0 Å². The van der Waals surface area contributed by atoms with Gasteiger partial charge < -0.3 is 20.7 Å². The van der Waals surface area contributed by atoms with Crippen molar-refractivity contribution in [2.75, 3.05) is 45.8 Å². The van der Waals surface area contributed by atoms with Crippen LogP contribution in [-0.4, -0.2) is 73.3 Å². The van der Waals surface area contributed by atoms with Gasteiger partial charge in [0.25, 0.3) is 0 Å². The van der Waals surface area contributed by atoms with Crippen LogP contribution >= 0.6 is 0 Å². The topological polar surface area (TPSA) is 70.8 Å². The predicted molar refractivity (Wildman–Crippen MR) is 85.4 cm³/mol. The van der Waals surface area contributed by atoms with Crippen LogP contribution in [0.4, 0.5) is 4.79 Å². The highest BCUT2D eigenvalue weighted by atomic mass is 16.6. The van der Waals surface area contributed by atoms with Crippen molar-refractivity contribution in [2.24, 2.45) is 5.73 Å². The predicted octanol–water partition coefficient (Wildman–Crippen LogP) is 0.866. The van der Waals surface area contributed by atoms with Crippen molar-refractivity contribution < 1.29 is 9.53 Å². The van der Waals surface area contributed by atoms with Crippen molar-refractivity contribution in [1.29, 1.82) is 0 Å². The fraction of sp³-hybridized carbons (Fsp3) is 0.933. The third-order valence-corrected chi connectivity index (χ3v) is 3.52. The Balaban J connectivity index is 2.16. The fourth-order valence-electron chi connectivity index (χ4n) is 2.21. The van der Waals surface area contributed by atoms with E-state index >= 15 is 0 Å². The van der Waals surface area contributed by atoms with Gasteiger partial charge in [0.2, 0.25) is 0 Å². The van der Waals surface area contributed by atoms with E-state index in [-0.39, 0.29) is 6.09 Å². The summed E-state index contributed by atoms with van der Waals surface area (Å²) < 4.78 is 5.40. The van der Waals surface area contributed by atoms with E-state index in [9.17, 15) is 4.79 Å². The molecule has 0 aliphatic carbocycles. The number of hydrogen-bond donors (Lipinski definition) is 2. The van der Waals surface area contributed by atoms with E-state index in [1.165, 1.54) is 0 Å². The lowest BCUT2D eigenvalue weighted by atomic mass is 10.2. The second kappa shape index (κ2) is 8.56. The van der Waals surface area contributed by atoms with Crippen molar-refractivity contribution in [3.63, 3.8) is 0 Å². The fourth-order valence-corrected chi connectivity index (χ4v) is 2.21. The highest BCUT2D eigenvalue weighted by molar-refractivity contribution is 5.68. The highest BCUT2D eigenvalue weighted by Gasteiger charge is 2.25. The molecule has 21 heavy (non-hydrogen) atoms. The van der Waals surface area contributed by atoms with Crippen molar-refractivity contribution >= 4 is 6.09 Å². The molecule has 0 aromatic heterocycles. The largest absolute Gasteiger partial charge is 0.444 e. The second-order valence-electron chi connectivity index (χ2n) is 6.75. The highest BCUT2D eigenvalue weighted by Crippen LogP contribution is 2.11. The van der Waals surface area contributed by atoms with E-state index in [0.717, 1.165) is 45.7 Å². The average molecular weight is 300 g/mol. The Morgan fingerprint density at radius 3 is 2.43 bits per heavy atom. The summed E-state index contributed by atoms with van der Waals surface area (Å²) in [6.45, 7) is 13.9. The Kier molecular flexibility index (Phi) is 7.42. The second-order valence-corrected chi connectivity index (χ2v) is 6.75. The van der Waals surface area contributed by atoms with Crippen LogP contribution in [0, 0.1) is 0 Å². The molecule has 1 saturated heterocycles. The molecule has 3 N–H and O–H groups in total. The molecular formula is C15H32N4O2. The van der Waals surface area contributed by atoms with Gasteiger partial charge in [-0.25, -0.2) is 4.79 Å². The van der Waals surface area contributed by atoms with Crippen LogP contribution in [0.15, 0.2) is 0 Å². The first-order valence-electron chi connectivity index (χ1n) is 7.95. The molecule has 0 radical (unpaired) electrons. The molecule has 0 aromatic carbocycles. The molecule has 6 heteroatoms. The smallest absolute Gasteiger partial charge is 0.410 e. The molecule has 124 valence electrons. The maximum Gasteiger partial charge on any atom is 0.410 e. The lowest BCUT2D eigenvalue weighted by molar-refractivity contribution is 0.0144. The Bertz CT molecular complexity index is 309. The van der Waals surface area contributed by atoms with Crippen LogP contribution in [0.2, 0.25) is 0 Å². The summed E-state index contributed by atoms with van der Waals surface area (Å²) in [6.07, 6.45) is 0.914. The molecule has 1 rings (SSSR count). The zero-order valence-electron chi connectivity index (χ0n) is 14.0. The molecule has 1 fully saturated rings. The van der Waals surface area contributed by atoms with Gasteiger partial charge in [-0.2, -0.15) is 0 Å². The van der Waals surface area contributed by atoms with Gasteiger partial charge in [0.05, 0.1) is 0 Å². The van der Waals surface area contributed by atoms with E-state index in [4.69, 9.17) is 10.5 Å². The summed E-state index contributed by atoms with van der Waals surface area (Å²) in [5, 5.41) is 3.39. The lowest BCUT2D eigenvalue weighted by Crippen LogP contribution is -2.50. The minimum atomic E-state index is -0.417. The van der Waals surface area contributed by atoms with Crippen LogP contribution in [0.1, 0.15) is 34.1 Å². The molecule has 1 heterocycles. The number of hydrogen-bond acceptors (Lipinski definition) is 5. The van der Waals surface area contributed by atoms with Gasteiger partial charge in [-0.05, 0) is 47.2 Å². The SMILES string of the molecule is CC(CN)NCCCN1CCN(C(=O)OC(C)(C)C)CC1. The van der Waals surface area contributed by atoms with Crippen LogP contribution in [0.5, 0.6) is 0 Å². The first kappa shape index (κ1) is 18.2. The maximum atomic E-state index is 12.0. The molecule has 0 bridgehead atoms. The van der Waals surface area contributed by atoms with Crippen LogP contribution in [0.3, 0.4) is 0 Å². The Hall–Kier alpha value is -0.850.